The van der Waals surface area contributed by atoms with E-state index >= 15 is 0 Å². The first-order valence-electron chi connectivity index (χ1n) is 4.92. The first-order valence-corrected chi connectivity index (χ1v) is 4.92. The normalized spacial score (nSPS) is 9.87. The number of pyridine rings is 1. The second-order valence-corrected chi connectivity index (χ2v) is 3.18. The minimum atomic E-state index is -0.470. The molecule has 5 heteroatoms. The molecule has 0 saturated carbocycles. The summed E-state index contributed by atoms with van der Waals surface area (Å²) in [4.78, 5) is 14.3. The number of carbonyl (C=O) groups is 1. The monoisotopic (exact) mass is 208 g/mol. The topological polar surface area (TPSA) is 80.0 Å². The Morgan fingerprint density at radius 1 is 1.47 bits per heavy atom. The number of rotatable bonds is 6. The Morgan fingerprint density at radius 3 is 3.00 bits per heavy atom. The molecule has 82 valence electrons. The van der Waals surface area contributed by atoms with Crippen LogP contribution >= 0.6 is 0 Å². The smallest absolute Gasteiger partial charge is 0.312 e. The highest BCUT2D eigenvalue weighted by Gasteiger charge is 1.92. The van der Waals surface area contributed by atoms with E-state index in [0.29, 0.717) is 6.54 Å². The summed E-state index contributed by atoms with van der Waals surface area (Å²) in [5, 5.41) is 5.77. The van der Waals surface area contributed by atoms with Crippen LogP contribution in [0.5, 0.6) is 0 Å². The summed E-state index contributed by atoms with van der Waals surface area (Å²) in [5.74, 6) is 0. The van der Waals surface area contributed by atoms with E-state index in [9.17, 15) is 4.79 Å². The molecule has 0 saturated heterocycles. The van der Waals surface area contributed by atoms with Crippen molar-refractivity contribution >= 4 is 6.03 Å². The summed E-state index contributed by atoms with van der Waals surface area (Å²) in [5.41, 5.74) is 6.07. The van der Waals surface area contributed by atoms with Crippen LogP contribution in [-0.4, -0.2) is 24.1 Å². The van der Waals surface area contributed by atoms with Crippen molar-refractivity contribution in [2.24, 2.45) is 5.73 Å². The first-order chi connectivity index (χ1) is 7.29. The number of amides is 2. The van der Waals surface area contributed by atoms with Gasteiger partial charge in [-0.3, -0.25) is 4.98 Å². The third-order valence-corrected chi connectivity index (χ3v) is 1.88. The molecular formula is C10H16N4O. The molecule has 0 aliphatic carbocycles. The van der Waals surface area contributed by atoms with Gasteiger partial charge in [0.15, 0.2) is 0 Å². The molecule has 1 aromatic rings. The molecule has 4 N–H and O–H groups in total. The average Bonchev–Trinajstić information content (AvgIpc) is 2.24. The fourth-order valence-electron chi connectivity index (χ4n) is 1.16. The lowest BCUT2D eigenvalue weighted by Gasteiger charge is -2.04. The van der Waals surface area contributed by atoms with Crippen LogP contribution in [0.2, 0.25) is 0 Å². The molecule has 1 aromatic heterocycles. The number of carbonyl (C=O) groups excluding carboxylic acids is 1. The Labute approximate surface area is 89.1 Å². The quantitative estimate of drug-likeness (QED) is 0.585. The maximum Gasteiger partial charge on any atom is 0.312 e. The van der Waals surface area contributed by atoms with Crippen LogP contribution in [0.25, 0.3) is 0 Å². The third-order valence-electron chi connectivity index (χ3n) is 1.88. The van der Waals surface area contributed by atoms with Gasteiger partial charge in [-0.25, -0.2) is 4.79 Å². The Hall–Kier alpha value is -1.62. The van der Waals surface area contributed by atoms with Gasteiger partial charge in [0.1, 0.15) is 0 Å². The van der Waals surface area contributed by atoms with Crippen LogP contribution in [-0.2, 0) is 6.54 Å². The van der Waals surface area contributed by atoms with Crippen molar-refractivity contribution in [1.29, 1.82) is 0 Å². The van der Waals surface area contributed by atoms with Crippen molar-refractivity contribution < 1.29 is 4.79 Å². The molecule has 0 bridgehead atoms. The summed E-state index contributed by atoms with van der Waals surface area (Å²) in [7, 11) is 0. The Morgan fingerprint density at radius 2 is 2.33 bits per heavy atom. The largest absolute Gasteiger partial charge is 0.352 e. The summed E-state index contributed by atoms with van der Waals surface area (Å²) in [6.07, 6.45) is 4.44. The fraction of sp³-hybridized carbons (Fsp3) is 0.400. The average molecular weight is 208 g/mol. The number of primary amides is 1. The summed E-state index contributed by atoms with van der Waals surface area (Å²) in [6, 6.07) is 3.45. The maximum atomic E-state index is 10.3. The Bertz CT molecular complexity index is 289. The van der Waals surface area contributed by atoms with Gasteiger partial charge in [-0.15, -0.1) is 0 Å². The van der Waals surface area contributed by atoms with Gasteiger partial charge in [-0.1, -0.05) is 6.07 Å². The van der Waals surface area contributed by atoms with Gasteiger partial charge in [0.05, 0.1) is 0 Å². The standard InChI is InChI=1S/C10H16N4O/c11-10(15)14-6-2-5-13-8-9-3-1-4-12-7-9/h1,3-4,7,13H,2,5-6,8H2,(H3,11,14,15). The molecule has 5 nitrogen and oxygen atoms in total. The van der Waals surface area contributed by atoms with Gasteiger partial charge in [-0.2, -0.15) is 0 Å². The molecule has 2 amide bonds. The van der Waals surface area contributed by atoms with E-state index in [1.54, 1.807) is 6.20 Å². The van der Waals surface area contributed by atoms with Crippen molar-refractivity contribution in [1.82, 2.24) is 15.6 Å². The van der Waals surface area contributed by atoms with Crippen molar-refractivity contribution in [3.8, 4) is 0 Å². The molecule has 1 heterocycles. The predicted octanol–water partition coefficient (Wildman–Crippen LogP) is 0.230. The zero-order valence-corrected chi connectivity index (χ0v) is 8.57. The molecule has 0 atom stereocenters. The highest BCUT2D eigenvalue weighted by atomic mass is 16.2. The molecule has 0 unspecified atom stereocenters. The van der Waals surface area contributed by atoms with E-state index in [4.69, 9.17) is 5.73 Å². The van der Waals surface area contributed by atoms with Crippen molar-refractivity contribution in [2.45, 2.75) is 13.0 Å². The predicted molar refractivity (Wildman–Crippen MR) is 58.1 cm³/mol. The second kappa shape index (κ2) is 6.78. The molecule has 0 radical (unpaired) electrons. The van der Waals surface area contributed by atoms with E-state index in [2.05, 4.69) is 15.6 Å². The van der Waals surface area contributed by atoms with E-state index in [1.165, 1.54) is 0 Å². The molecule has 0 fully saturated rings. The third kappa shape index (κ3) is 5.64. The zero-order valence-electron chi connectivity index (χ0n) is 8.57. The number of nitrogens with zero attached hydrogens (tertiary/aromatic N) is 1. The van der Waals surface area contributed by atoms with Gasteiger partial charge >= 0.3 is 6.03 Å². The second-order valence-electron chi connectivity index (χ2n) is 3.18. The maximum absolute atomic E-state index is 10.3. The number of nitrogens with two attached hydrogens (primary N) is 1. The van der Waals surface area contributed by atoms with Crippen LogP contribution in [0.4, 0.5) is 4.79 Å². The highest BCUT2D eigenvalue weighted by Crippen LogP contribution is 1.93. The summed E-state index contributed by atoms with van der Waals surface area (Å²) >= 11 is 0. The Balaban J connectivity index is 2.00. The summed E-state index contributed by atoms with van der Waals surface area (Å²) in [6.45, 7) is 2.24. The van der Waals surface area contributed by atoms with Gasteiger partial charge in [-0.05, 0) is 24.6 Å². The fourth-order valence-corrected chi connectivity index (χ4v) is 1.16. The van der Waals surface area contributed by atoms with Crippen LogP contribution in [0, 0.1) is 0 Å². The van der Waals surface area contributed by atoms with Crippen LogP contribution in [0.1, 0.15) is 12.0 Å². The number of nitrogens with one attached hydrogen (secondary N) is 2. The van der Waals surface area contributed by atoms with Crippen molar-refractivity contribution in [3.05, 3.63) is 30.1 Å². The van der Waals surface area contributed by atoms with E-state index < -0.39 is 6.03 Å². The molecule has 0 aromatic carbocycles. The van der Waals surface area contributed by atoms with Gasteiger partial charge in [0.25, 0.3) is 0 Å². The molecule has 0 aliphatic heterocycles. The number of hydrogen-bond acceptors (Lipinski definition) is 3. The number of aromatic nitrogens is 1. The molecule has 15 heavy (non-hydrogen) atoms. The number of urea groups is 1. The minimum Gasteiger partial charge on any atom is -0.352 e. The van der Waals surface area contributed by atoms with Crippen LogP contribution < -0.4 is 16.4 Å². The van der Waals surface area contributed by atoms with Crippen LogP contribution in [0.15, 0.2) is 24.5 Å². The van der Waals surface area contributed by atoms with Crippen LogP contribution in [0.3, 0.4) is 0 Å². The lowest BCUT2D eigenvalue weighted by Crippen LogP contribution is -2.31. The highest BCUT2D eigenvalue weighted by molar-refractivity contribution is 5.71. The zero-order chi connectivity index (χ0) is 10.9. The molecular weight excluding hydrogens is 192 g/mol. The number of hydrogen-bond donors (Lipinski definition) is 3. The van der Waals surface area contributed by atoms with E-state index in [0.717, 1.165) is 25.1 Å². The lowest BCUT2D eigenvalue weighted by molar-refractivity contribution is 0.249. The van der Waals surface area contributed by atoms with E-state index in [-0.39, 0.29) is 0 Å². The Kier molecular flexibility index (Phi) is 5.18. The summed E-state index contributed by atoms with van der Waals surface area (Å²) < 4.78 is 0. The lowest BCUT2D eigenvalue weighted by atomic mass is 10.3. The molecule has 1 rings (SSSR count). The van der Waals surface area contributed by atoms with E-state index in [1.807, 2.05) is 18.3 Å². The van der Waals surface area contributed by atoms with Gasteiger partial charge in [0, 0.05) is 25.5 Å². The first kappa shape index (κ1) is 11.5. The molecule has 0 spiro atoms. The van der Waals surface area contributed by atoms with Crippen molar-refractivity contribution in [2.75, 3.05) is 13.1 Å². The SMILES string of the molecule is NC(=O)NCCCNCc1cccnc1. The minimum absolute atomic E-state index is 0.470. The molecule has 0 aliphatic rings. The van der Waals surface area contributed by atoms with Gasteiger partial charge < -0.3 is 16.4 Å². The van der Waals surface area contributed by atoms with Crippen molar-refractivity contribution in [3.63, 3.8) is 0 Å². The van der Waals surface area contributed by atoms with Gasteiger partial charge in [0.2, 0.25) is 0 Å².